The lowest BCUT2D eigenvalue weighted by Crippen LogP contribution is -2.53. The summed E-state index contributed by atoms with van der Waals surface area (Å²) in [4.78, 5) is 28.1. The molecule has 0 bridgehead atoms. The van der Waals surface area contributed by atoms with Crippen molar-refractivity contribution in [2.45, 2.75) is 52.2 Å². The van der Waals surface area contributed by atoms with Crippen molar-refractivity contribution in [3.05, 3.63) is 63.1 Å². The van der Waals surface area contributed by atoms with Gasteiger partial charge in [-0.3, -0.25) is 13.9 Å². The third-order valence-corrected chi connectivity index (χ3v) is 7.45. The summed E-state index contributed by atoms with van der Waals surface area (Å²) in [5.74, 6) is -0.892. The molecule has 7 nitrogen and oxygen atoms in total. The zero-order valence-corrected chi connectivity index (χ0v) is 23.2. The molecular weight excluding hydrogens is 533 g/mol. The van der Waals surface area contributed by atoms with E-state index in [1.54, 1.807) is 31.2 Å². The minimum Gasteiger partial charge on any atom is -0.352 e. The lowest BCUT2D eigenvalue weighted by Gasteiger charge is -2.33. The van der Waals surface area contributed by atoms with Crippen molar-refractivity contribution in [2.75, 3.05) is 17.1 Å². The summed E-state index contributed by atoms with van der Waals surface area (Å²) in [6.45, 7) is 5.09. The molecule has 1 N–H and O–H groups in total. The molecule has 0 aliphatic rings. The second-order valence-electron chi connectivity index (χ2n) is 8.25. The van der Waals surface area contributed by atoms with Gasteiger partial charge in [0, 0.05) is 27.7 Å². The average Bonchev–Trinajstić information content (AvgIpc) is 2.76. The summed E-state index contributed by atoms with van der Waals surface area (Å²) in [6, 6.07) is 10.3. The van der Waals surface area contributed by atoms with Crippen molar-refractivity contribution in [2.24, 2.45) is 0 Å². The van der Waals surface area contributed by atoms with Crippen LogP contribution in [0.3, 0.4) is 0 Å². The molecular formula is C24H30Cl3N3O4S. The molecule has 2 rings (SSSR count). The Hall–Kier alpha value is -2.00. The molecule has 0 aliphatic carbocycles. The zero-order chi connectivity index (χ0) is 26.3. The predicted octanol–water partition coefficient (Wildman–Crippen LogP) is 5.13. The highest BCUT2D eigenvalue weighted by Gasteiger charge is 2.32. The van der Waals surface area contributed by atoms with Gasteiger partial charge in [-0.1, -0.05) is 66.8 Å². The van der Waals surface area contributed by atoms with Crippen LogP contribution in [0.2, 0.25) is 15.1 Å². The maximum absolute atomic E-state index is 13.7. The number of nitrogens with zero attached hydrogens (tertiary/aromatic N) is 2. The summed E-state index contributed by atoms with van der Waals surface area (Å²) in [5, 5.41) is 3.79. The Labute approximate surface area is 222 Å². The number of carbonyl (C=O) groups excluding carboxylic acids is 2. The first-order valence-corrected chi connectivity index (χ1v) is 14.1. The molecule has 0 saturated carbocycles. The number of halogens is 3. The van der Waals surface area contributed by atoms with Crippen molar-refractivity contribution in [3.8, 4) is 0 Å². The zero-order valence-electron chi connectivity index (χ0n) is 20.1. The molecule has 2 aromatic rings. The highest BCUT2D eigenvalue weighted by Crippen LogP contribution is 2.28. The molecule has 2 aromatic carbocycles. The molecule has 2 amide bonds. The van der Waals surface area contributed by atoms with Crippen LogP contribution in [-0.4, -0.2) is 50.0 Å². The molecule has 0 unspecified atom stereocenters. The molecule has 0 fully saturated rings. The van der Waals surface area contributed by atoms with Crippen molar-refractivity contribution < 1.29 is 18.0 Å². The van der Waals surface area contributed by atoms with Crippen LogP contribution in [0.4, 0.5) is 5.69 Å². The number of hydrogen-bond acceptors (Lipinski definition) is 4. The van der Waals surface area contributed by atoms with E-state index in [9.17, 15) is 18.0 Å². The molecule has 35 heavy (non-hydrogen) atoms. The number of hydrogen-bond donors (Lipinski definition) is 1. The van der Waals surface area contributed by atoms with Gasteiger partial charge in [0.15, 0.2) is 0 Å². The van der Waals surface area contributed by atoms with E-state index >= 15 is 0 Å². The van der Waals surface area contributed by atoms with E-state index in [2.05, 4.69) is 5.32 Å². The SMILES string of the molecule is CC[C@H](C)NC(=O)[C@H](CC)N(Cc1ccccc1Cl)C(=O)CN(c1cc(Cl)cc(Cl)c1)S(C)(=O)=O. The quantitative estimate of drug-likeness (QED) is 0.411. The maximum atomic E-state index is 13.7. The Kier molecular flexibility index (Phi) is 10.7. The standard InChI is InChI=1S/C24H30Cl3N3O4S/c1-5-16(3)28-24(32)22(6-2)29(14-17-9-7-8-10-21(17)27)23(31)15-30(35(4,33)34)20-12-18(25)11-19(26)13-20/h7-13,16,22H,5-6,14-15H2,1-4H3,(H,28,32)/t16-,22-/m0/s1. The summed E-state index contributed by atoms with van der Waals surface area (Å²) < 4.78 is 26.2. The lowest BCUT2D eigenvalue weighted by molar-refractivity contribution is -0.140. The van der Waals surface area contributed by atoms with E-state index in [1.165, 1.54) is 23.1 Å². The Morgan fingerprint density at radius 3 is 2.11 bits per heavy atom. The van der Waals surface area contributed by atoms with Gasteiger partial charge in [-0.2, -0.15) is 0 Å². The normalized spacial score (nSPS) is 13.1. The fourth-order valence-electron chi connectivity index (χ4n) is 3.47. The Morgan fingerprint density at radius 1 is 1.00 bits per heavy atom. The number of anilines is 1. The molecule has 0 aromatic heterocycles. The first-order valence-electron chi connectivity index (χ1n) is 11.1. The van der Waals surface area contributed by atoms with Gasteiger partial charge in [0.2, 0.25) is 21.8 Å². The Morgan fingerprint density at radius 2 is 1.60 bits per heavy atom. The van der Waals surface area contributed by atoms with Gasteiger partial charge in [0.1, 0.15) is 12.6 Å². The van der Waals surface area contributed by atoms with Crippen LogP contribution in [0.5, 0.6) is 0 Å². The average molecular weight is 563 g/mol. The van der Waals surface area contributed by atoms with Crippen LogP contribution >= 0.6 is 34.8 Å². The predicted molar refractivity (Wildman–Crippen MR) is 143 cm³/mol. The van der Waals surface area contributed by atoms with Crippen LogP contribution in [0.1, 0.15) is 39.2 Å². The van der Waals surface area contributed by atoms with Gasteiger partial charge in [-0.15, -0.1) is 0 Å². The van der Waals surface area contributed by atoms with Crippen LogP contribution in [0, 0.1) is 0 Å². The topological polar surface area (TPSA) is 86.8 Å². The molecule has 0 saturated heterocycles. The van der Waals surface area contributed by atoms with Gasteiger partial charge >= 0.3 is 0 Å². The second kappa shape index (κ2) is 12.8. The van der Waals surface area contributed by atoms with Gasteiger partial charge in [-0.25, -0.2) is 8.42 Å². The number of nitrogens with one attached hydrogen (secondary N) is 1. The van der Waals surface area contributed by atoms with Crippen molar-refractivity contribution in [1.29, 1.82) is 0 Å². The van der Waals surface area contributed by atoms with E-state index in [-0.39, 0.29) is 34.2 Å². The van der Waals surface area contributed by atoms with Crippen LogP contribution in [0.25, 0.3) is 0 Å². The molecule has 11 heteroatoms. The van der Waals surface area contributed by atoms with E-state index in [0.29, 0.717) is 17.0 Å². The highest BCUT2D eigenvalue weighted by molar-refractivity contribution is 7.92. The second-order valence-corrected chi connectivity index (χ2v) is 11.4. The molecule has 192 valence electrons. The van der Waals surface area contributed by atoms with Crippen LogP contribution in [0.15, 0.2) is 42.5 Å². The van der Waals surface area contributed by atoms with Crippen LogP contribution < -0.4 is 9.62 Å². The first-order chi connectivity index (χ1) is 16.4. The lowest BCUT2D eigenvalue weighted by atomic mass is 10.1. The smallest absolute Gasteiger partial charge is 0.244 e. The number of benzene rings is 2. The van der Waals surface area contributed by atoms with E-state index in [1.807, 2.05) is 13.8 Å². The maximum Gasteiger partial charge on any atom is 0.244 e. The highest BCUT2D eigenvalue weighted by atomic mass is 35.5. The number of rotatable bonds is 11. The minimum absolute atomic E-state index is 0.0266. The summed E-state index contributed by atoms with van der Waals surface area (Å²) in [6.07, 6.45) is 2.03. The van der Waals surface area contributed by atoms with Crippen molar-refractivity contribution in [1.82, 2.24) is 10.2 Å². The summed E-state index contributed by atoms with van der Waals surface area (Å²) in [5.41, 5.74) is 0.780. The van der Waals surface area contributed by atoms with Gasteiger partial charge in [-0.05, 0) is 49.6 Å². The van der Waals surface area contributed by atoms with Gasteiger partial charge < -0.3 is 10.2 Å². The fraction of sp³-hybridized carbons (Fsp3) is 0.417. The van der Waals surface area contributed by atoms with Crippen molar-refractivity contribution in [3.63, 3.8) is 0 Å². The van der Waals surface area contributed by atoms with Crippen molar-refractivity contribution >= 4 is 62.3 Å². The first kappa shape index (κ1) is 29.2. The van der Waals surface area contributed by atoms with Crippen LogP contribution in [-0.2, 0) is 26.2 Å². The Bertz CT molecular complexity index is 1140. The van der Waals surface area contributed by atoms with Gasteiger partial charge in [0.05, 0.1) is 11.9 Å². The fourth-order valence-corrected chi connectivity index (χ4v) is 5.01. The van der Waals surface area contributed by atoms with E-state index in [4.69, 9.17) is 34.8 Å². The number of carbonyl (C=O) groups is 2. The van der Waals surface area contributed by atoms with Gasteiger partial charge in [0.25, 0.3) is 0 Å². The summed E-state index contributed by atoms with van der Waals surface area (Å²) >= 11 is 18.5. The third kappa shape index (κ3) is 8.27. The molecule has 0 aliphatic heterocycles. The molecule has 0 radical (unpaired) electrons. The molecule has 0 spiro atoms. The monoisotopic (exact) mass is 561 g/mol. The number of amides is 2. The number of sulfonamides is 1. The summed E-state index contributed by atoms with van der Waals surface area (Å²) in [7, 11) is -3.89. The largest absolute Gasteiger partial charge is 0.352 e. The Balaban J connectivity index is 2.49. The molecule has 2 atom stereocenters. The molecule has 0 heterocycles. The minimum atomic E-state index is -3.89. The third-order valence-electron chi connectivity index (χ3n) is 5.50. The van der Waals surface area contributed by atoms with E-state index < -0.39 is 28.5 Å². The van der Waals surface area contributed by atoms with E-state index in [0.717, 1.165) is 17.0 Å².